The lowest BCUT2D eigenvalue weighted by Crippen LogP contribution is -2.05. The lowest BCUT2D eigenvalue weighted by molar-refractivity contribution is 0.302. The summed E-state index contributed by atoms with van der Waals surface area (Å²) in [7, 11) is 0. The molecule has 0 heterocycles. The van der Waals surface area contributed by atoms with Gasteiger partial charge in [-0.3, -0.25) is 0 Å². The number of nitrogens with two attached hydrogens (primary N) is 1. The zero-order valence-electron chi connectivity index (χ0n) is 11.4. The van der Waals surface area contributed by atoms with Crippen molar-refractivity contribution in [2.45, 2.75) is 52.0 Å². The first-order chi connectivity index (χ1) is 8.65. The van der Waals surface area contributed by atoms with Crippen LogP contribution in [0.15, 0.2) is 22.7 Å². The number of ether oxygens (including phenoxy) is 1. The molecule has 0 aliphatic rings. The van der Waals surface area contributed by atoms with Gasteiger partial charge in [0, 0.05) is 6.04 Å². The number of hydrogen-bond donors (Lipinski definition) is 1. The van der Waals surface area contributed by atoms with Crippen LogP contribution in [0.4, 0.5) is 0 Å². The molecular formula is C15H24BrNO. The molecule has 0 fully saturated rings. The van der Waals surface area contributed by atoms with Crippen LogP contribution in [0.25, 0.3) is 0 Å². The Bertz CT molecular complexity index is 352. The molecule has 0 amide bonds. The highest BCUT2D eigenvalue weighted by atomic mass is 79.9. The maximum Gasteiger partial charge on any atom is 0.133 e. The van der Waals surface area contributed by atoms with Crippen LogP contribution in [-0.4, -0.2) is 6.61 Å². The Morgan fingerprint density at radius 1 is 1.22 bits per heavy atom. The van der Waals surface area contributed by atoms with E-state index in [0.717, 1.165) is 28.8 Å². The molecule has 0 aliphatic heterocycles. The molecule has 18 heavy (non-hydrogen) atoms. The molecule has 0 radical (unpaired) electrons. The Labute approximate surface area is 119 Å². The van der Waals surface area contributed by atoms with Crippen LogP contribution in [-0.2, 0) is 0 Å². The van der Waals surface area contributed by atoms with Gasteiger partial charge in [-0.05, 0) is 47.0 Å². The van der Waals surface area contributed by atoms with Gasteiger partial charge in [0.05, 0.1) is 11.1 Å². The standard InChI is InChI=1S/C15H24BrNO/c1-3-4-5-6-7-10-18-15-9-8-13(12(2)17)11-14(15)16/h8-9,11-12H,3-7,10,17H2,1-2H3. The Hall–Kier alpha value is -0.540. The SMILES string of the molecule is CCCCCCCOc1ccc(C(C)N)cc1Br. The average molecular weight is 314 g/mol. The number of rotatable bonds is 8. The summed E-state index contributed by atoms with van der Waals surface area (Å²) in [6.45, 7) is 5.00. The maximum absolute atomic E-state index is 5.84. The normalized spacial score (nSPS) is 12.4. The second-order valence-corrected chi connectivity index (χ2v) is 5.60. The lowest BCUT2D eigenvalue weighted by Gasteiger charge is -2.11. The van der Waals surface area contributed by atoms with Gasteiger partial charge in [-0.2, -0.15) is 0 Å². The van der Waals surface area contributed by atoms with Crippen molar-refractivity contribution in [2.75, 3.05) is 6.61 Å². The number of hydrogen-bond acceptors (Lipinski definition) is 2. The number of halogens is 1. The highest BCUT2D eigenvalue weighted by Crippen LogP contribution is 2.28. The van der Waals surface area contributed by atoms with E-state index in [2.05, 4.69) is 22.9 Å². The van der Waals surface area contributed by atoms with E-state index in [0.29, 0.717) is 0 Å². The van der Waals surface area contributed by atoms with Crippen LogP contribution in [0.2, 0.25) is 0 Å². The summed E-state index contributed by atoms with van der Waals surface area (Å²) < 4.78 is 6.76. The molecule has 2 nitrogen and oxygen atoms in total. The van der Waals surface area contributed by atoms with Crippen molar-refractivity contribution in [1.29, 1.82) is 0 Å². The molecule has 3 heteroatoms. The van der Waals surface area contributed by atoms with Gasteiger partial charge in [0.15, 0.2) is 0 Å². The van der Waals surface area contributed by atoms with Crippen LogP contribution in [0.3, 0.4) is 0 Å². The van der Waals surface area contributed by atoms with Gasteiger partial charge in [-0.25, -0.2) is 0 Å². The zero-order valence-corrected chi connectivity index (χ0v) is 13.0. The summed E-state index contributed by atoms with van der Waals surface area (Å²) >= 11 is 3.53. The maximum atomic E-state index is 5.84. The molecule has 0 aromatic heterocycles. The van der Waals surface area contributed by atoms with Crippen molar-refractivity contribution in [2.24, 2.45) is 5.73 Å². The third-order valence-corrected chi connectivity index (χ3v) is 3.61. The predicted molar refractivity (Wildman–Crippen MR) is 81.0 cm³/mol. The summed E-state index contributed by atoms with van der Waals surface area (Å²) in [5.74, 6) is 0.912. The Balaban J connectivity index is 2.34. The van der Waals surface area contributed by atoms with E-state index in [9.17, 15) is 0 Å². The highest BCUT2D eigenvalue weighted by molar-refractivity contribution is 9.10. The van der Waals surface area contributed by atoms with Crippen molar-refractivity contribution in [3.8, 4) is 5.75 Å². The third kappa shape index (κ3) is 5.40. The fourth-order valence-corrected chi connectivity index (χ4v) is 2.32. The van der Waals surface area contributed by atoms with Crippen molar-refractivity contribution >= 4 is 15.9 Å². The molecule has 0 saturated carbocycles. The summed E-state index contributed by atoms with van der Waals surface area (Å²) in [4.78, 5) is 0. The van der Waals surface area contributed by atoms with E-state index < -0.39 is 0 Å². The Morgan fingerprint density at radius 2 is 1.94 bits per heavy atom. The van der Waals surface area contributed by atoms with Gasteiger partial charge < -0.3 is 10.5 Å². The molecule has 1 atom stereocenters. The minimum atomic E-state index is 0.0596. The number of unbranched alkanes of at least 4 members (excludes halogenated alkanes) is 4. The highest BCUT2D eigenvalue weighted by Gasteiger charge is 2.05. The monoisotopic (exact) mass is 313 g/mol. The van der Waals surface area contributed by atoms with Crippen molar-refractivity contribution in [1.82, 2.24) is 0 Å². The first kappa shape index (κ1) is 15.5. The third-order valence-electron chi connectivity index (χ3n) is 2.99. The van der Waals surface area contributed by atoms with E-state index in [-0.39, 0.29) is 6.04 Å². The molecule has 1 unspecified atom stereocenters. The second-order valence-electron chi connectivity index (χ2n) is 4.74. The van der Waals surface area contributed by atoms with Crippen molar-refractivity contribution in [3.63, 3.8) is 0 Å². The van der Waals surface area contributed by atoms with Gasteiger partial charge in [0.2, 0.25) is 0 Å². The molecule has 102 valence electrons. The van der Waals surface area contributed by atoms with Crippen LogP contribution < -0.4 is 10.5 Å². The summed E-state index contributed by atoms with van der Waals surface area (Å²) in [6, 6.07) is 6.12. The van der Waals surface area contributed by atoms with E-state index in [4.69, 9.17) is 10.5 Å². The molecule has 0 bridgehead atoms. The minimum Gasteiger partial charge on any atom is -0.492 e. The van der Waals surface area contributed by atoms with Crippen LogP contribution in [0.1, 0.15) is 57.6 Å². The van der Waals surface area contributed by atoms with Gasteiger partial charge in [0.1, 0.15) is 5.75 Å². The first-order valence-corrected chi connectivity index (χ1v) is 7.62. The summed E-state index contributed by atoms with van der Waals surface area (Å²) in [5, 5.41) is 0. The summed E-state index contributed by atoms with van der Waals surface area (Å²) in [6.07, 6.45) is 6.30. The topological polar surface area (TPSA) is 35.2 Å². The molecule has 1 aromatic carbocycles. The molecular weight excluding hydrogens is 290 g/mol. The van der Waals surface area contributed by atoms with Crippen molar-refractivity contribution in [3.05, 3.63) is 28.2 Å². The summed E-state index contributed by atoms with van der Waals surface area (Å²) in [5.41, 5.74) is 6.96. The van der Waals surface area contributed by atoms with Crippen LogP contribution >= 0.6 is 15.9 Å². The fraction of sp³-hybridized carbons (Fsp3) is 0.600. The van der Waals surface area contributed by atoms with E-state index in [1.165, 1.54) is 25.7 Å². The minimum absolute atomic E-state index is 0.0596. The largest absolute Gasteiger partial charge is 0.492 e. The smallest absolute Gasteiger partial charge is 0.133 e. The fourth-order valence-electron chi connectivity index (χ4n) is 1.81. The van der Waals surface area contributed by atoms with Crippen LogP contribution in [0, 0.1) is 0 Å². The molecule has 0 spiro atoms. The van der Waals surface area contributed by atoms with E-state index in [1.54, 1.807) is 0 Å². The van der Waals surface area contributed by atoms with Gasteiger partial charge >= 0.3 is 0 Å². The van der Waals surface area contributed by atoms with E-state index in [1.807, 2.05) is 25.1 Å². The van der Waals surface area contributed by atoms with E-state index >= 15 is 0 Å². The molecule has 1 aromatic rings. The molecule has 1 rings (SSSR count). The van der Waals surface area contributed by atoms with Crippen molar-refractivity contribution < 1.29 is 4.74 Å². The van der Waals surface area contributed by atoms with Gasteiger partial charge in [-0.15, -0.1) is 0 Å². The quantitative estimate of drug-likeness (QED) is 0.698. The second kappa shape index (κ2) is 8.54. The van der Waals surface area contributed by atoms with Crippen LogP contribution in [0.5, 0.6) is 5.75 Å². The average Bonchev–Trinajstić information content (AvgIpc) is 2.35. The van der Waals surface area contributed by atoms with Gasteiger partial charge in [-0.1, -0.05) is 38.7 Å². The Kier molecular flexibility index (Phi) is 7.36. The molecule has 0 saturated heterocycles. The Morgan fingerprint density at radius 3 is 2.56 bits per heavy atom. The molecule has 0 aliphatic carbocycles. The zero-order chi connectivity index (χ0) is 13.4. The molecule has 2 N–H and O–H groups in total. The predicted octanol–water partition coefficient (Wildman–Crippen LogP) is 4.82. The lowest BCUT2D eigenvalue weighted by atomic mass is 10.1. The first-order valence-electron chi connectivity index (χ1n) is 6.83. The number of benzene rings is 1. The van der Waals surface area contributed by atoms with Gasteiger partial charge in [0.25, 0.3) is 0 Å².